The molecule has 0 amide bonds. The van der Waals surface area contributed by atoms with Crippen molar-refractivity contribution in [3.63, 3.8) is 0 Å². The Morgan fingerprint density at radius 1 is 1.40 bits per heavy atom. The second-order valence-corrected chi connectivity index (χ2v) is 5.72. The van der Waals surface area contributed by atoms with Crippen LogP contribution in [0, 0.1) is 13.8 Å². The number of aryl methyl sites for hydroxylation is 2. The van der Waals surface area contributed by atoms with Gasteiger partial charge in [0, 0.05) is 12.6 Å². The highest BCUT2D eigenvalue weighted by Gasteiger charge is 2.12. The van der Waals surface area contributed by atoms with Gasteiger partial charge in [0.25, 0.3) is 0 Å². The summed E-state index contributed by atoms with van der Waals surface area (Å²) >= 11 is 1.39. The molecule has 0 saturated carbocycles. The van der Waals surface area contributed by atoms with Crippen LogP contribution in [0.5, 0.6) is 0 Å². The SMILES string of the molecule is Cc1ccc(C(=O)CSc2ncc(CO)n2C)c(C)c1. The Hall–Kier alpha value is -1.59. The van der Waals surface area contributed by atoms with Crippen LogP contribution in [-0.4, -0.2) is 26.2 Å². The minimum atomic E-state index is -0.0466. The second kappa shape index (κ2) is 6.24. The third-order valence-electron chi connectivity index (χ3n) is 3.22. The Morgan fingerprint density at radius 2 is 2.15 bits per heavy atom. The second-order valence-electron chi connectivity index (χ2n) is 4.78. The summed E-state index contributed by atoms with van der Waals surface area (Å²) in [6.45, 7) is 3.92. The van der Waals surface area contributed by atoms with E-state index in [-0.39, 0.29) is 12.4 Å². The largest absolute Gasteiger partial charge is 0.390 e. The van der Waals surface area contributed by atoms with E-state index in [0.29, 0.717) is 5.75 Å². The predicted octanol–water partition coefficient (Wildman–Crippen LogP) is 2.50. The summed E-state index contributed by atoms with van der Waals surface area (Å²) < 4.78 is 1.81. The molecule has 0 aliphatic rings. The lowest BCUT2D eigenvalue weighted by Crippen LogP contribution is -2.06. The highest BCUT2D eigenvalue weighted by molar-refractivity contribution is 7.99. The fourth-order valence-corrected chi connectivity index (χ4v) is 2.89. The number of hydrogen-bond donors (Lipinski definition) is 1. The number of nitrogens with zero attached hydrogens (tertiary/aromatic N) is 2. The number of aliphatic hydroxyl groups excluding tert-OH is 1. The number of benzene rings is 1. The average molecular weight is 290 g/mol. The lowest BCUT2D eigenvalue weighted by Gasteiger charge is -2.06. The average Bonchev–Trinajstić information content (AvgIpc) is 2.76. The van der Waals surface area contributed by atoms with Crippen molar-refractivity contribution in [1.29, 1.82) is 0 Å². The molecule has 1 N–H and O–H groups in total. The maximum atomic E-state index is 12.2. The van der Waals surface area contributed by atoms with Crippen LogP contribution in [0.4, 0.5) is 0 Å². The van der Waals surface area contributed by atoms with Crippen molar-refractivity contribution in [1.82, 2.24) is 9.55 Å². The normalized spacial score (nSPS) is 10.8. The first-order chi connectivity index (χ1) is 9.52. The van der Waals surface area contributed by atoms with Crippen LogP contribution in [0.1, 0.15) is 27.2 Å². The van der Waals surface area contributed by atoms with Gasteiger partial charge in [-0.1, -0.05) is 35.5 Å². The van der Waals surface area contributed by atoms with E-state index in [1.807, 2.05) is 39.1 Å². The van der Waals surface area contributed by atoms with E-state index < -0.39 is 0 Å². The molecule has 1 heterocycles. The third-order valence-corrected chi connectivity index (χ3v) is 4.26. The lowest BCUT2D eigenvalue weighted by atomic mass is 10.0. The molecule has 5 heteroatoms. The number of aliphatic hydroxyl groups is 1. The third kappa shape index (κ3) is 3.11. The molecule has 2 rings (SSSR count). The monoisotopic (exact) mass is 290 g/mol. The molecule has 0 atom stereocenters. The van der Waals surface area contributed by atoms with Crippen molar-refractivity contribution in [3.8, 4) is 0 Å². The maximum Gasteiger partial charge on any atom is 0.173 e. The first kappa shape index (κ1) is 14.8. The van der Waals surface area contributed by atoms with E-state index in [9.17, 15) is 4.79 Å². The minimum absolute atomic E-state index is 0.0466. The van der Waals surface area contributed by atoms with Crippen LogP contribution >= 0.6 is 11.8 Å². The van der Waals surface area contributed by atoms with Gasteiger partial charge in [-0.3, -0.25) is 4.79 Å². The topological polar surface area (TPSA) is 55.1 Å². The van der Waals surface area contributed by atoms with Crippen LogP contribution in [0.2, 0.25) is 0 Å². The Labute approximate surface area is 122 Å². The number of Topliss-reactive ketones (excluding diaryl/α,β-unsaturated/α-hetero) is 1. The summed E-state index contributed by atoms with van der Waals surface area (Å²) in [7, 11) is 1.84. The van der Waals surface area contributed by atoms with Crippen molar-refractivity contribution < 1.29 is 9.90 Å². The van der Waals surface area contributed by atoms with Gasteiger partial charge in [0.1, 0.15) is 0 Å². The summed E-state index contributed by atoms with van der Waals surface area (Å²) in [6, 6.07) is 5.85. The van der Waals surface area contributed by atoms with Crippen LogP contribution < -0.4 is 0 Å². The van der Waals surface area contributed by atoms with Crippen molar-refractivity contribution >= 4 is 17.5 Å². The lowest BCUT2D eigenvalue weighted by molar-refractivity contribution is 0.102. The molecule has 0 spiro atoms. The van der Waals surface area contributed by atoms with Gasteiger partial charge in [-0.15, -0.1) is 0 Å². The van der Waals surface area contributed by atoms with Crippen molar-refractivity contribution in [2.24, 2.45) is 7.05 Å². The Balaban J connectivity index is 2.06. The van der Waals surface area contributed by atoms with E-state index >= 15 is 0 Å². The van der Waals surface area contributed by atoms with Gasteiger partial charge in [-0.05, 0) is 19.4 Å². The number of rotatable bonds is 5. The first-order valence-corrected chi connectivity index (χ1v) is 7.36. The number of aromatic nitrogens is 2. The molecule has 4 nitrogen and oxygen atoms in total. The van der Waals surface area contributed by atoms with E-state index in [1.165, 1.54) is 11.8 Å². The maximum absolute atomic E-state index is 12.2. The van der Waals surface area contributed by atoms with E-state index in [4.69, 9.17) is 5.11 Å². The highest BCUT2D eigenvalue weighted by Crippen LogP contribution is 2.20. The summed E-state index contributed by atoms with van der Waals surface area (Å²) in [5, 5.41) is 9.86. The molecular weight excluding hydrogens is 272 g/mol. The first-order valence-electron chi connectivity index (χ1n) is 6.37. The van der Waals surface area contributed by atoms with Gasteiger partial charge in [0.15, 0.2) is 10.9 Å². The minimum Gasteiger partial charge on any atom is -0.390 e. The highest BCUT2D eigenvalue weighted by atomic mass is 32.2. The van der Waals surface area contributed by atoms with Crippen LogP contribution in [0.3, 0.4) is 0 Å². The number of ketones is 1. The summed E-state index contributed by atoms with van der Waals surface area (Å²) in [6.07, 6.45) is 1.63. The molecule has 1 aromatic heterocycles. The molecule has 106 valence electrons. The number of imidazole rings is 1. The smallest absolute Gasteiger partial charge is 0.173 e. The van der Waals surface area contributed by atoms with Gasteiger partial charge in [-0.2, -0.15) is 0 Å². The Morgan fingerprint density at radius 3 is 2.75 bits per heavy atom. The van der Waals surface area contributed by atoms with Gasteiger partial charge < -0.3 is 9.67 Å². The van der Waals surface area contributed by atoms with Crippen LogP contribution in [-0.2, 0) is 13.7 Å². The number of thioether (sulfide) groups is 1. The number of carbonyl (C=O) groups excluding carboxylic acids is 1. The molecule has 0 aliphatic carbocycles. The molecule has 0 fully saturated rings. The Kier molecular flexibility index (Phi) is 4.62. The fourth-order valence-electron chi connectivity index (χ4n) is 2.04. The van der Waals surface area contributed by atoms with Crippen molar-refractivity contribution in [3.05, 3.63) is 46.8 Å². The Bertz CT molecular complexity index is 635. The zero-order valence-electron chi connectivity index (χ0n) is 11.9. The molecule has 0 unspecified atom stereocenters. The van der Waals surface area contributed by atoms with Gasteiger partial charge in [0.2, 0.25) is 0 Å². The van der Waals surface area contributed by atoms with Gasteiger partial charge >= 0.3 is 0 Å². The quantitative estimate of drug-likeness (QED) is 0.679. The van der Waals surface area contributed by atoms with Crippen molar-refractivity contribution in [2.45, 2.75) is 25.6 Å². The molecule has 0 saturated heterocycles. The number of carbonyl (C=O) groups is 1. The van der Waals surface area contributed by atoms with Gasteiger partial charge in [-0.25, -0.2) is 4.98 Å². The van der Waals surface area contributed by atoms with Crippen molar-refractivity contribution in [2.75, 3.05) is 5.75 Å². The molecule has 0 aliphatic heterocycles. The summed E-state index contributed by atoms with van der Waals surface area (Å²) in [4.78, 5) is 16.4. The van der Waals surface area contributed by atoms with E-state index in [2.05, 4.69) is 4.98 Å². The zero-order chi connectivity index (χ0) is 14.7. The van der Waals surface area contributed by atoms with Crippen LogP contribution in [0.15, 0.2) is 29.6 Å². The molecule has 0 bridgehead atoms. The van der Waals surface area contributed by atoms with Crippen LogP contribution in [0.25, 0.3) is 0 Å². The molecule has 20 heavy (non-hydrogen) atoms. The van der Waals surface area contributed by atoms with Gasteiger partial charge in [0.05, 0.1) is 24.3 Å². The van der Waals surface area contributed by atoms with E-state index in [0.717, 1.165) is 27.5 Å². The fraction of sp³-hybridized carbons (Fsp3) is 0.333. The van der Waals surface area contributed by atoms with E-state index in [1.54, 1.807) is 10.8 Å². The number of hydrogen-bond acceptors (Lipinski definition) is 4. The zero-order valence-corrected chi connectivity index (χ0v) is 12.7. The molecule has 1 aromatic carbocycles. The molecular formula is C15H18N2O2S. The summed E-state index contributed by atoms with van der Waals surface area (Å²) in [5.41, 5.74) is 3.67. The molecule has 0 radical (unpaired) electrons. The molecule has 2 aromatic rings. The predicted molar refractivity (Wildman–Crippen MR) is 80.1 cm³/mol. The summed E-state index contributed by atoms with van der Waals surface area (Å²) in [5.74, 6) is 0.445. The standard InChI is InChI=1S/C15H18N2O2S/c1-10-4-5-13(11(2)6-10)14(19)9-20-15-16-7-12(8-18)17(15)3/h4-7,18H,8-9H2,1-3H3.